The van der Waals surface area contributed by atoms with Crippen molar-refractivity contribution in [3.63, 3.8) is 0 Å². The number of carbonyl (C=O) groups is 2. The Kier molecular flexibility index (Phi) is 4.09. The molecule has 2 rings (SSSR count). The lowest BCUT2D eigenvalue weighted by atomic mass is 10.1. The molecule has 106 valence electrons. The summed E-state index contributed by atoms with van der Waals surface area (Å²) in [5, 5.41) is 8.45. The topological polar surface area (TPSA) is 61.8 Å². The van der Waals surface area contributed by atoms with E-state index in [4.69, 9.17) is 11.6 Å². The Labute approximate surface area is 122 Å². The maximum Gasteiger partial charge on any atom is 0.271 e. The van der Waals surface area contributed by atoms with Crippen LogP contribution < -0.4 is 5.32 Å². The van der Waals surface area contributed by atoms with Crippen molar-refractivity contribution in [3.8, 4) is 0 Å². The van der Waals surface area contributed by atoms with Crippen LogP contribution in [0.5, 0.6) is 0 Å². The van der Waals surface area contributed by atoms with E-state index in [0.29, 0.717) is 29.3 Å². The number of benzene rings is 1. The number of nitrogens with one attached hydrogen (secondary N) is 1. The van der Waals surface area contributed by atoms with Gasteiger partial charge in [0.2, 0.25) is 5.91 Å². The van der Waals surface area contributed by atoms with E-state index in [1.807, 2.05) is 19.9 Å². The summed E-state index contributed by atoms with van der Waals surface area (Å²) in [5.41, 5.74) is 2.85. The smallest absolute Gasteiger partial charge is 0.271 e. The maximum atomic E-state index is 12.2. The number of amides is 2. The Morgan fingerprint density at radius 3 is 2.65 bits per heavy atom. The zero-order valence-electron chi connectivity index (χ0n) is 11.7. The van der Waals surface area contributed by atoms with Gasteiger partial charge in [-0.3, -0.25) is 9.59 Å². The van der Waals surface area contributed by atoms with Crippen LogP contribution in [0.2, 0.25) is 5.02 Å². The lowest BCUT2D eigenvalue weighted by Gasteiger charge is -2.19. The van der Waals surface area contributed by atoms with E-state index in [0.717, 1.165) is 11.1 Å². The second kappa shape index (κ2) is 5.63. The number of hydrogen-bond acceptors (Lipinski definition) is 3. The quantitative estimate of drug-likeness (QED) is 0.910. The highest BCUT2D eigenvalue weighted by molar-refractivity contribution is 6.44. The Morgan fingerprint density at radius 1 is 1.35 bits per heavy atom. The summed E-state index contributed by atoms with van der Waals surface area (Å²) in [6, 6.07) is 3.74. The summed E-state index contributed by atoms with van der Waals surface area (Å²) >= 11 is 6.15. The number of aryl methyl sites for hydroxylation is 2. The first kappa shape index (κ1) is 14.5. The van der Waals surface area contributed by atoms with Crippen LogP contribution in [0.1, 0.15) is 24.0 Å². The Morgan fingerprint density at radius 2 is 2.05 bits per heavy atom. The van der Waals surface area contributed by atoms with Gasteiger partial charge in [0.25, 0.3) is 5.91 Å². The molecule has 0 fully saturated rings. The molecule has 0 spiro atoms. The van der Waals surface area contributed by atoms with Gasteiger partial charge in [0.1, 0.15) is 5.71 Å². The van der Waals surface area contributed by atoms with E-state index in [1.165, 1.54) is 5.01 Å². The molecule has 6 heteroatoms. The molecule has 0 radical (unpaired) electrons. The number of halogens is 1. The number of hydrogen-bond donors (Lipinski definition) is 1. The fraction of sp³-hybridized carbons (Fsp3) is 0.357. The van der Waals surface area contributed by atoms with Crippen LogP contribution in [-0.2, 0) is 9.59 Å². The minimum absolute atomic E-state index is 0.0916. The number of nitrogens with zero attached hydrogens (tertiary/aromatic N) is 2. The minimum Gasteiger partial charge on any atom is -0.319 e. The first-order chi connectivity index (χ1) is 9.38. The van der Waals surface area contributed by atoms with E-state index in [-0.39, 0.29) is 11.8 Å². The van der Waals surface area contributed by atoms with Crippen LogP contribution in [0.3, 0.4) is 0 Å². The van der Waals surface area contributed by atoms with Gasteiger partial charge in [-0.1, -0.05) is 17.7 Å². The summed E-state index contributed by atoms with van der Waals surface area (Å²) < 4.78 is 0. The molecular weight excluding hydrogens is 278 g/mol. The second-order valence-electron chi connectivity index (χ2n) is 4.86. The summed E-state index contributed by atoms with van der Waals surface area (Å²) in [7, 11) is 1.54. The van der Waals surface area contributed by atoms with Gasteiger partial charge in [-0.05, 0) is 31.0 Å². The number of anilines is 1. The SMILES string of the molecule is Cc1cc(C)c(NC(=O)C2=NN(C)C(=O)CC2)c(Cl)c1. The summed E-state index contributed by atoms with van der Waals surface area (Å²) in [6.45, 7) is 3.82. The second-order valence-corrected chi connectivity index (χ2v) is 5.26. The minimum atomic E-state index is -0.321. The van der Waals surface area contributed by atoms with Gasteiger partial charge < -0.3 is 5.32 Å². The zero-order valence-corrected chi connectivity index (χ0v) is 12.4. The number of rotatable bonds is 2. The zero-order chi connectivity index (χ0) is 14.9. The average Bonchev–Trinajstić information content (AvgIpc) is 2.36. The van der Waals surface area contributed by atoms with Crippen molar-refractivity contribution in [2.45, 2.75) is 26.7 Å². The molecule has 0 aliphatic carbocycles. The van der Waals surface area contributed by atoms with Gasteiger partial charge in [-0.2, -0.15) is 5.10 Å². The van der Waals surface area contributed by atoms with Crippen LogP contribution in [0.15, 0.2) is 17.2 Å². The third kappa shape index (κ3) is 2.99. The molecule has 1 aliphatic rings. The Bertz CT molecular complexity index is 587. The van der Waals surface area contributed by atoms with E-state index >= 15 is 0 Å². The van der Waals surface area contributed by atoms with Crippen LogP contribution in [0.25, 0.3) is 0 Å². The molecule has 0 saturated carbocycles. The van der Waals surface area contributed by atoms with Gasteiger partial charge >= 0.3 is 0 Å². The lowest BCUT2D eigenvalue weighted by Crippen LogP contribution is -2.34. The van der Waals surface area contributed by atoms with Gasteiger partial charge in [-0.25, -0.2) is 5.01 Å². The van der Waals surface area contributed by atoms with Crippen molar-refractivity contribution in [2.75, 3.05) is 12.4 Å². The van der Waals surface area contributed by atoms with E-state index < -0.39 is 0 Å². The van der Waals surface area contributed by atoms with E-state index in [9.17, 15) is 9.59 Å². The molecule has 1 N–H and O–H groups in total. The fourth-order valence-corrected chi connectivity index (χ4v) is 2.46. The predicted molar refractivity (Wildman–Crippen MR) is 79.0 cm³/mol. The molecule has 20 heavy (non-hydrogen) atoms. The molecule has 0 aromatic heterocycles. The third-order valence-corrected chi connectivity index (χ3v) is 3.44. The van der Waals surface area contributed by atoms with Crippen molar-refractivity contribution in [1.82, 2.24) is 5.01 Å². The summed E-state index contributed by atoms with van der Waals surface area (Å²) in [4.78, 5) is 23.5. The molecule has 1 aliphatic heterocycles. The number of hydrazone groups is 1. The van der Waals surface area contributed by atoms with E-state index in [1.54, 1.807) is 13.1 Å². The van der Waals surface area contributed by atoms with Crippen LogP contribution in [-0.4, -0.2) is 29.6 Å². The van der Waals surface area contributed by atoms with Crippen molar-refractivity contribution in [2.24, 2.45) is 5.10 Å². The molecule has 5 nitrogen and oxygen atoms in total. The molecule has 0 bridgehead atoms. The average molecular weight is 294 g/mol. The molecule has 0 saturated heterocycles. The third-order valence-electron chi connectivity index (χ3n) is 3.14. The maximum absolute atomic E-state index is 12.2. The summed E-state index contributed by atoms with van der Waals surface area (Å²) in [6.07, 6.45) is 0.640. The van der Waals surface area contributed by atoms with Gasteiger partial charge in [0.05, 0.1) is 10.7 Å². The molecule has 2 amide bonds. The van der Waals surface area contributed by atoms with Crippen molar-refractivity contribution in [3.05, 3.63) is 28.3 Å². The first-order valence-electron chi connectivity index (χ1n) is 6.30. The van der Waals surface area contributed by atoms with Crippen molar-refractivity contribution < 1.29 is 9.59 Å². The molecule has 0 atom stereocenters. The largest absolute Gasteiger partial charge is 0.319 e. The Balaban J connectivity index is 2.21. The Hall–Kier alpha value is -1.88. The van der Waals surface area contributed by atoms with Crippen molar-refractivity contribution in [1.29, 1.82) is 0 Å². The molecular formula is C14H16ClN3O2. The highest BCUT2D eigenvalue weighted by atomic mass is 35.5. The molecule has 0 unspecified atom stereocenters. The molecule has 1 aromatic carbocycles. The predicted octanol–water partition coefficient (Wildman–Crippen LogP) is 2.50. The normalized spacial score (nSPS) is 15.1. The highest BCUT2D eigenvalue weighted by Crippen LogP contribution is 2.27. The lowest BCUT2D eigenvalue weighted by molar-refractivity contribution is -0.130. The fourth-order valence-electron chi connectivity index (χ4n) is 2.09. The summed E-state index contributed by atoms with van der Waals surface area (Å²) in [5.74, 6) is -0.413. The van der Waals surface area contributed by atoms with Crippen molar-refractivity contribution >= 4 is 34.8 Å². The highest BCUT2D eigenvalue weighted by Gasteiger charge is 2.22. The van der Waals surface area contributed by atoms with Crippen LogP contribution >= 0.6 is 11.6 Å². The molecule has 1 aromatic rings. The van der Waals surface area contributed by atoms with Gasteiger partial charge in [0, 0.05) is 19.9 Å². The monoisotopic (exact) mass is 293 g/mol. The molecule has 1 heterocycles. The van der Waals surface area contributed by atoms with E-state index in [2.05, 4.69) is 10.4 Å². The first-order valence-corrected chi connectivity index (χ1v) is 6.68. The van der Waals surface area contributed by atoms with Gasteiger partial charge in [-0.15, -0.1) is 0 Å². The number of carbonyl (C=O) groups excluding carboxylic acids is 2. The standard InChI is InChI=1S/C14H16ClN3O2/c1-8-6-9(2)13(10(15)7-8)16-14(20)11-4-5-12(19)18(3)17-11/h6-7H,4-5H2,1-3H3,(H,16,20). The van der Waals surface area contributed by atoms with Crippen LogP contribution in [0, 0.1) is 13.8 Å². The van der Waals surface area contributed by atoms with Crippen LogP contribution in [0.4, 0.5) is 5.69 Å². The van der Waals surface area contributed by atoms with Gasteiger partial charge in [0.15, 0.2) is 0 Å².